The lowest BCUT2D eigenvalue weighted by atomic mass is 9.79. The highest BCUT2D eigenvalue weighted by molar-refractivity contribution is 7.85. The smallest absolute Gasteiger partial charge is 0.325 e. The van der Waals surface area contributed by atoms with Crippen LogP contribution in [-0.2, 0) is 36.7 Å². The maximum atomic E-state index is 11.8. The first-order valence-electron chi connectivity index (χ1n) is 20.0. The van der Waals surface area contributed by atoms with Gasteiger partial charge in [-0.05, 0) is 98.4 Å². The highest BCUT2D eigenvalue weighted by Gasteiger charge is 2.44. The van der Waals surface area contributed by atoms with Crippen LogP contribution >= 0.6 is 7.60 Å². The number of nitrogens with zero attached hydrogens (tertiary/aromatic N) is 1. The number of ether oxygens (including phenoxy) is 1. The third-order valence-corrected chi connectivity index (χ3v) is 13.5. The van der Waals surface area contributed by atoms with Crippen molar-refractivity contribution in [3.05, 3.63) is 142 Å². The first kappa shape index (κ1) is 43.2. The number of hydrogen-bond donors (Lipinski definition) is 4. The fraction of sp³-hybridized carbons (Fsp3) is 0.391. The zero-order chi connectivity index (χ0) is 41.9. The molecule has 12 heteroatoms. The van der Waals surface area contributed by atoms with E-state index in [1.807, 2.05) is 48.5 Å². The number of aryl methyl sites for hydroxylation is 1. The average molecular weight is 829 g/mol. The van der Waals surface area contributed by atoms with Crippen LogP contribution in [0.2, 0.25) is 0 Å². The summed E-state index contributed by atoms with van der Waals surface area (Å²) in [5, 5.41) is 9.19. The largest absolute Gasteiger partial charge is 0.481 e. The topological polar surface area (TPSA) is 161 Å². The zero-order valence-electron chi connectivity index (χ0n) is 33.7. The molecule has 1 unspecified atom stereocenters. The third-order valence-electron chi connectivity index (χ3n) is 11.8. The minimum Gasteiger partial charge on any atom is -0.481 e. The van der Waals surface area contributed by atoms with Gasteiger partial charge in [-0.3, -0.25) is 13.9 Å². The number of allylic oxidation sites excluding steroid dienone is 7. The van der Waals surface area contributed by atoms with Crippen LogP contribution in [0, 0.1) is 0 Å². The Morgan fingerprint density at radius 2 is 1.59 bits per heavy atom. The molecule has 10 nitrogen and oxygen atoms in total. The van der Waals surface area contributed by atoms with E-state index in [4.69, 9.17) is 4.74 Å². The molecular formula is C46H55NO9PS+. The summed E-state index contributed by atoms with van der Waals surface area (Å²) >= 11 is 0. The quantitative estimate of drug-likeness (QED) is 0.0627. The van der Waals surface area contributed by atoms with Crippen molar-refractivity contribution in [1.29, 1.82) is 0 Å². The zero-order valence-corrected chi connectivity index (χ0v) is 35.4. The van der Waals surface area contributed by atoms with Crippen molar-refractivity contribution >= 4 is 35.1 Å². The lowest BCUT2D eigenvalue weighted by Crippen LogP contribution is -2.28. The van der Waals surface area contributed by atoms with Crippen LogP contribution in [0.3, 0.4) is 0 Å². The Kier molecular flexibility index (Phi) is 13.0. The number of carboxylic acids is 1. The monoisotopic (exact) mass is 828 g/mol. The summed E-state index contributed by atoms with van der Waals surface area (Å²) in [5.74, 6) is 0.175. The molecule has 6 rings (SSSR count). The molecule has 58 heavy (non-hydrogen) atoms. The van der Waals surface area contributed by atoms with Crippen molar-refractivity contribution in [2.24, 2.45) is 0 Å². The number of carboxylic acid groups (broad SMARTS) is 1. The second-order valence-corrected chi connectivity index (χ2v) is 20.0. The molecule has 4 N–H and O–H groups in total. The summed E-state index contributed by atoms with van der Waals surface area (Å²) in [6.45, 7) is 9.16. The number of carbonyl (C=O) groups is 1. The van der Waals surface area contributed by atoms with Gasteiger partial charge in [0.1, 0.15) is 18.1 Å². The lowest BCUT2D eigenvalue weighted by molar-refractivity contribution is -0.437. The Labute approximate surface area is 342 Å². The van der Waals surface area contributed by atoms with E-state index in [2.05, 4.69) is 80.8 Å². The van der Waals surface area contributed by atoms with Gasteiger partial charge in [-0.1, -0.05) is 86.2 Å². The molecule has 1 aliphatic heterocycles. The molecule has 3 aromatic rings. The van der Waals surface area contributed by atoms with Gasteiger partial charge in [0, 0.05) is 41.9 Å². The molecule has 0 fully saturated rings. The standard InChI is InChI=1S/C46H54NO9PS/c1-45(2)38-16-6-5-14-36(38)37(15-10-31-58(53,54)55)39(45)26-22-33-12-9-13-34(44(33)56-35-24-19-32(20-25-35)21-28-43(48)49)23-27-42-46(3,4)40-17-7-8-18-41(40)47(42)29-11-30-57(50,51)52/h5-8,14,16-20,22-27,37H,9-13,15,21,28-31H2,1-4H3,(H3-,48,49,50,51,52,53,54,55)/p+1/b27-23+,33-22-,39-26-. The van der Waals surface area contributed by atoms with Crippen molar-refractivity contribution in [3.63, 3.8) is 0 Å². The maximum absolute atomic E-state index is 11.8. The van der Waals surface area contributed by atoms with Crippen molar-refractivity contribution in [2.45, 2.75) is 95.8 Å². The predicted octanol–water partition coefficient (Wildman–Crippen LogP) is 9.32. The normalized spacial score (nSPS) is 20.3. The lowest BCUT2D eigenvalue weighted by Gasteiger charge is -2.25. The Hall–Kier alpha value is -4.38. The molecule has 1 heterocycles. The van der Waals surface area contributed by atoms with Crippen LogP contribution in [0.4, 0.5) is 5.69 Å². The Morgan fingerprint density at radius 3 is 2.28 bits per heavy atom. The van der Waals surface area contributed by atoms with Gasteiger partial charge in [-0.25, -0.2) is 0 Å². The van der Waals surface area contributed by atoms with E-state index in [-0.39, 0.29) is 35.1 Å². The predicted molar refractivity (Wildman–Crippen MR) is 228 cm³/mol. The van der Waals surface area contributed by atoms with Crippen molar-refractivity contribution in [1.82, 2.24) is 0 Å². The fourth-order valence-corrected chi connectivity index (χ4v) is 9.95. The van der Waals surface area contributed by atoms with Crippen molar-refractivity contribution in [3.8, 4) is 5.75 Å². The minimum atomic E-state index is -4.16. The van der Waals surface area contributed by atoms with Crippen LogP contribution in [0.15, 0.2) is 120 Å². The van der Waals surface area contributed by atoms with Crippen molar-refractivity contribution in [2.75, 3.05) is 18.5 Å². The van der Waals surface area contributed by atoms with Gasteiger partial charge >= 0.3 is 13.6 Å². The number of benzene rings is 3. The first-order chi connectivity index (χ1) is 27.3. The van der Waals surface area contributed by atoms with Crippen LogP contribution in [0.5, 0.6) is 5.75 Å². The maximum Gasteiger partial charge on any atom is 0.325 e. The summed E-state index contributed by atoms with van der Waals surface area (Å²) in [5.41, 5.74) is 8.90. The van der Waals surface area contributed by atoms with E-state index in [9.17, 15) is 37.2 Å². The highest BCUT2D eigenvalue weighted by atomic mass is 32.2. The van der Waals surface area contributed by atoms with Gasteiger partial charge in [0.15, 0.2) is 5.71 Å². The fourth-order valence-electron chi connectivity index (χ4n) is 8.87. The Morgan fingerprint density at radius 1 is 0.897 bits per heavy atom. The summed E-state index contributed by atoms with van der Waals surface area (Å²) in [6, 6.07) is 23.9. The van der Waals surface area contributed by atoms with Crippen LogP contribution in [0.25, 0.3) is 0 Å². The van der Waals surface area contributed by atoms with Gasteiger partial charge < -0.3 is 19.6 Å². The van der Waals surface area contributed by atoms with Gasteiger partial charge in [-0.2, -0.15) is 13.0 Å². The van der Waals surface area contributed by atoms with E-state index < -0.39 is 23.7 Å². The van der Waals surface area contributed by atoms with Gasteiger partial charge in [-0.15, -0.1) is 0 Å². The number of fused-ring (bicyclic) bond motifs is 2. The highest BCUT2D eigenvalue weighted by Crippen LogP contribution is 2.52. The Balaban J connectivity index is 1.43. The third kappa shape index (κ3) is 10.1. The summed E-state index contributed by atoms with van der Waals surface area (Å²) in [6.07, 6.45) is 12.4. The number of aliphatic carboxylic acids is 1. The molecule has 2 aliphatic carbocycles. The molecule has 1 atom stereocenters. The van der Waals surface area contributed by atoms with E-state index in [1.54, 1.807) is 0 Å². The molecule has 308 valence electrons. The number of para-hydroxylation sites is 1. The summed E-state index contributed by atoms with van der Waals surface area (Å²) in [4.78, 5) is 30.5. The molecular weight excluding hydrogens is 774 g/mol. The molecule has 3 aliphatic rings. The molecule has 0 bridgehead atoms. The molecule has 0 spiro atoms. The average Bonchev–Trinajstić information content (AvgIpc) is 3.50. The van der Waals surface area contributed by atoms with E-state index in [0.29, 0.717) is 38.0 Å². The minimum absolute atomic E-state index is 0.0290. The molecule has 0 saturated carbocycles. The number of hydrogen-bond acceptors (Lipinski definition) is 5. The number of rotatable bonds is 16. The first-order valence-corrected chi connectivity index (χ1v) is 23.4. The SMILES string of the molecule is CC1(C)C(/C=C/C2=C(Oc3ccc(CCC(=O)O)cc3)C(=C\C=C3\C(CCCS(=O)(=O)O)c4ccccc4C3(C)C)/CCC2)=[N+](CCCP(=O)(O)O)c2ccccc21. The summed E-state index contributed by atoms with van der Waals surface area (Å²) in [7, 11) is -8.26. The van der Waals surface area contributed by atoms with E-state index >= 15 is 0 Å². The Bertz CT molecular complexity index is 2360. The van der Waals surface area contributed by atoms with E-state index in [1.165, 1.54) is 5.56 Å². The van der Waals surface area contributed by atoms with Crippen molar-refractivity contribution < 1.29 is 46.5 Å². The molecule has 3 aromatic carbocycles. The van der Waals surface area contributed by atoms with Gasteiger partial charge in [0.25, 0.3) is 10.1 Å². The van der Waals surface area contributed by atoms with Gasteiger partial charge in [0.2, 0.25) is 5.69 Å². The second kappa shape index (κ2) is 17.5. The molecule has 0 amide bonds. The molecule has 0 aromatic heterocycles. The second-order valence-electron chi connectivity index (χ2n) is 16.6. The van der Waals surface area contributed by atoms with Crippen LogP contribution in [-0.4, -0.2) is 62.6 Å². The van der Waals surface area contributed by atoms with E-state index in [0.717, 1.165) is 69.8 Å². The van der Waals surface area contributed by atoms with Crippen LogP contribution < -0.4 is 4.74 Å². The molecule has 0 saturated heterocycles. The van der Waals surface area contributed by atoms with Crippen LogP contribution in [0.1, 0.15) is 101 Å². The summed E-state index contributed by atoms with van der Waals surface area (Å²) < 4.78 is 53.6. The van der Waals surface area contributed by atoms with Gasteiger partial charge in [0.05, 0.1) is 17.3 Å². The molecule has 0 radical (unpaired) electrons.